The Labute approximate surface area is 65.2 Å². The van der Waals surface area contributed by atoms with Crippen LogP contribution in [-0.2, 0) is 4.74 Å². The van der Waals surface area contributed by atoms with Gasteiger partial charge in [0, 0.05) is 6.20 Å². The first kappa shape index (κ1) is 6.71. The van der Waals surface area contributed by atoms with Gasteiger partial charge in [0.25, 0.3) is 0 Å². The van der Waals surface area contributed by atoms with Crippen LogP contribution in [0.2, 0.25) is 0 Å². The fourth-order valence-electron chi connectivity index (χ4n) is 0.900. The average molecular weight is 166 g/mol. The molecule has 6 nitrogen and oxygen atoms in total. The van der Waals surface area contributed by atoms with Crippen molar-refractivity contribution in [3.8, 4) is 0 Å². The van der Waals surface area contributed by atoms with Gasteiger partial charge in [0.1, 0.15) is 11.3 Å². The molecule has 12 heavy (non-hydrogen) atoms. The number of aromatic nitrogens is 2. The highest BCUT2D eigenvalue weighted by atomic mass is 16.6. The number of rotatable bonds is 0. The van der Waals surface area contributed by atoms with E-state index < -0.39 is 17.6 Å². The number of hydrogen-bond acceptors (Lipinski definition) is 5. The zero-order valence-corrected chi connectivity index (χ0v) is 5.66. The van der Waals surface area contributed by atoms with Gasteiger partial charge < -0.3 is 4.74 Å². The molecule has 2 heterocycles. The highest BCUT2D eigenvalue weighted by molar-refractivity contribution is 6.13. The van der Waals surface area contributed by atoms with Crippen LogP contribution < -0.4 is 5.69 Å². The van der Waals surface area contributed by atoms with Gasteiger partial charge in [0.05, 0.1) is 0 Å². The fourth-order valence-corrected chi connectivity index (χ4v) is 0.900. The summed E-state index contributed by atoms with van der Waals surface area (Å²) in [4.78, 5) is 37.5. The van der Waals surface area contributed by atoms with E-state index in [1.807, 2.05) is 0 Å². The molecule has 0 aliphatic carbocycles. The molecule has 1 aliphatic rings. The molecule has 6 heteroatoms. The first-order valence-electron chi connectivity index (χ1n) is 3.04. The Balaban J connectivity index is 2.76. The molecule has 0 saturated heterocycles. The molecule has 60 valence electrons. The van der Waals surface area contributed by atoms with Gasteiger partial charge >= 0.3 is 17.6 Å². The van der Waals surface area contributed by atoms with Crippen LogP contribution >= 0.6 is 0 Å². The van der Waals surface area contributed by atoms with E-state index in [-0.39, 0.29) is 11.3 Å². The number of aromatic amines is 1. The molecule has 0 fully saturated rings. The third-order valence-electron chi connectivity index (χ3n) is 1.42. The van der Waals surface area contributed by atoms with Crippen LogP contribution in [0.5, 0.6) is 0 Å². The molecule has 1 aromatic rings. The van der Waals surface area contributed by atoms with E-state index in [9.17, 15) is 14.4 Å². The molecule has 2 rings (SSSR count). The lowest BCUT2D eigenvalue weighted by molar-refractivity contribution is 0.0441. The van der Waals surface area contributed by atoms with Crippen LogP contribution in [0.3, 0.4) is 0 Å². The summed E-state index contributed by atoms with van der Waals surface area (Å²) in [6, 6.07) is 0. The standard InChI is InChI=1S/C6H2N2O4/c9-4-2-1-7-6(11)8-3(2)5(10)12-4/h1H,(H,7,8,11). The number of fused-ring (bicyclic) bond motifs is 1. The lowest BCUT2D eigenvalue weighted by Gasteiger charge is -1.86. The lowest BCUT2D eigenvalue weighted by Crippen LogP contribution is -2.14. The summed E-state index contributed by atoms with van der Waals surface area (Å²) in [7, 11) is 0. The van der Waals surface area contributed by atoms with Crippen molar-refractivity contribution in [2.75, 3.05) is 0 Å². The van der Waals surface area contributed by atoms with Gasteiger partial charge in [-0.05, 0) is 0 Å². The SMILES string of the molecule is O=C1OC(=O)c2[nH]c(=O)ncc21. The quantitative estimate of drug-likeness (QED) is 0.397. The van der Waals surface area contributed by atoms with Gasteiger partial charge in [-0.25, -0.2) is 19.4 Å². The largest absolute Gasteiger partial charge is 0.384 e. The second kappa shape index (κ2) is 2.00. The van der Waals surface area contributed by atoms with Gasteiger partial charge in [0.2, 0.25) is 0 Å². The molecule has 0 unspecified atom stereocenters. The van der Waals surface area contributed by atoms with Crippen LogP contribution in [0, 0.1) is 0 Å². The lowest BCUT2D eigenvalue weighted by atomic mass is 10.3. The van der Waals surface area contributed by atoms with Gasteiger partial charge in [-0.15, -0.1) is 0 Å². The monoisotopic (exact) mass is 166 g/mol. The smallest absolute Gasteiger partial charge is 0.363 e. The highest BCUT2D eigenvalue weighted by Crippen LogP contribution is 2.13. The molecule has 0 radical (unpaired) electrons. The minimum atomic E-state index is -0.838. The Bertz CT molecular complexity index is 433. The molecular weight excluding hydrogens is 164 g/mol. The molecule has 1 N–H and O–H groups in total. The van der Waals surface area contributed by atoms with E-state index in [1.165, 1.54) is 0 Å². The molecule has 0 aromatic carbocycles. The number of carbonyl (C=O) groups excluding carboxylic acids is 2. The van der Waals surface area contributed by atoms with Crippen molar-refractivity contribution in [3.63, 3.8) is 0 Å². The Morgan fingerprint density at radius 3 is 2.75 bits per heavy atom. The molecule has 0 saturated carbocycles. The molecule has 1 aromatic heterocycles. The third-order valence-corrected chi connectivity index (χ3v) is 1.42. The van der Waals surface area contributed by atoms with Crippen molar-refractivity contribution in [3.05, 3.63) is 27.9 Å². The van der Waals surface area contributed by atoms with E-state index in [0.717, 1.165) is 6.20 Å². The van der Waals surface area contributed by atoms with Gasteiger partial charge in [-0.2, -0.15) is 0 Å². The summed E-state index contributed by atoms with van der Waals surface area (Å²) in [5.41, 5.74) is -0.806. The van der Waals surface area contributed by atoms with Gasteiger partial charge in [-0.3, -0.25) is 4.98 Å². The van der Waals surface area contributed by atoms with Crippen molar-refractivity contribution in [1.29, 1.82) is 0 Å². The van der Waals surface area contributed by atoms with Crippen LogP contribution in [-0.4, -0.2) is 21.9 Å². The van der Waals surface area contributed by atoms with E-state index >= 15 is 0 Å². The Hall–Kier alpha value is -1.98. The zero-order valence-electron chi connectivity index (χ0n) is 5.66. The predicted octanol–water partition coefficient (Wildman–Crippen LogP) is -0.919. The summed E-state index contributed by atoms with van der Waals surface area (Å²) >= 11 is 0. The Morgan fingerprint density at radius 2 is 2.00 bits per heavy atom. The van der Waals surface area contributed by atoms with Crippen molar-refractivity contribution < 1.29 is 14.3 Å². The van der Waals surface area contributed by atoms with Crippen LogP contribution in [0.1, 0.15) is 20.8 Å². The van der Waals surface area contributed by atoms with E-state index in [1.54, 1.807) is 0 Å². The van der Waals surface area contributed by atoms with Crippen LogP contribution in [0.25, 0.3) is 0 Å². The van der Waals surface area contributed by atoms with E-state index in [2.05, 4.69) is 14.7 Å². The van der Waals surface area contributed by atoms with Crippen LogP contribution in [0.4, 0.5) is 0 Å². The van der Waals surface area contributed by atoms with Crippen molar-refractivity contribution in [2.45, 2.75) is 0 Å². The maximum Gasteiger partial charge on any atom is 0.363 e. The maximum absolute atomic E-state index is 10.8. The number of esters is 2. The molecule has 1 aliphatic heterocycles. The Morgan fingerprint density at radius 1 is 1.25 bits per heavy atom. The molecule has 0 amide bonds. The molecular formula is C6H2N2O4. The van der Waals surface area contributed by atoms with E-state index in [4.69, 9.17) is 0 Å². The second-order valence-electron chi connectivity index (χ2n) is 2.15. The molecule has 0 bridgehead atoms. The normalized spacial score (nSPS) is 14.3. The number of carbonyl (C=O) groups is 2. The second-order valence-corrected chi connectivity index (χ2v) is 2.15. The van der Waals surface area contributed by atoms with E-state index in [0.29, 0.717) is 0 Å². The average Bonchev–Trinajstić information content (AvgIpc) is 2.28. The number of ether oxygens (including phenoxy) is 1. The topological polar surface area (TPSA) is 89.1 Å². The number of cyclic esters (lactones) is 2. The summed E-state index contributed by atoms with van der Waals surface area (Å²) < 4.78 is 4.20. The molecule has 0 spiro atoms. The number of hydrogen-bond donors (Lipinski definition) is 1. The highest BCUT2D eigenvalue weighted by Gasteiger charge is 2.30. The summed E-state index contributed by atoms with van der Waals surface area (Å²) in [6.07, 6.45) is 1.02. The van der Waals surface area contributed by atoms with Crippen LogP contribution in [0.15, 0.2) is 11.0 Å². The number of H-pyrrole nitrogens is 1. The summed E-state index contributed by atoms with van der Waals surface area (Å²) in [5.74, 6) is -1.62. The predicted molar refractivity (Wildman–Crippen MR) is 34.6 cm³/mol. The minimum Gasteiger partial charge on any atom is -0.384 e. The van der Waals surface area contributed by atoms with Gasteiger partial charge in [0.15, 0.2) is 0 Å². The minimum absolute atomic E-state index is 0.000370. The fraction of sp³-hybridized carbons (Fsp3) is 0. The molecule has 0 atom stereocenters. The Kier molecular flexibility index (Phi) is 1.12. The summed E-state index contributed by atoms with van der Waals surface area (Å²) in [5, 5.41) is 0. The summed E-state index contributed by atoms with van der Waals surface area (Å²) in [6.45, 7) is 0. The first-order valence-corrected chi connectivity index (χ1v) is 3.04. The van der Waals surface area contributed by atoms with Crippen molar-refractivity contribution >= 4 is 11.9 Å². The van der Waals surface area contributed by atoms with Crippen molar-refractivity contribution in [1.82, 2.24) is 9.97 Å². The van der Waals surface area contributed by atoms with Crippen molar-refractivity contribution in [2.24, 2.45) is 0 Å². The van der Waals surface area contributed by atoms with Gasteiger partial charge in [-0.1, -0.05) is 0 Å². The number of nitrogens with one attached hydrogen (secondary N) is 1. The third kappa shape index (κ3) is 0.746. The first-order chi connectivity index (χ1) is 5.68. The zero-order chi connectivity index (χ0) is 8.72. The number of nitrogens with zero attached hydrogens (tertiary/aromatic N) is 1. The maximum atomic E-state index is 10.8.